The highest BCUT2D eigenvalue weighted by atomic mass is 32.2. The van der Waals surface area contributed by atoms with E-state index in [2.05, 4.69) is 41.8 Å². The van der Waals surface area contributed by atoms with Gasteiger partial charge >= 0.3 is 0 Å². The predicted octanol–water partition coefficient (Wildman–Crippen LogP) is 1.90. The van der Waals surface area contributed by atoms with E-state index >= 15 is 0 Å². The van der Waals surface area contributed by atoms with Crippen LogP contribution in [0.2, 0.25) is 0 Å². The highest BCUT2D eigenvalue weighted by molar-refractivity contribution is 8.00. The van der Waals surface area contributed by atoms with Gasteiger partial charge in [-0.3, -0.25) is 0 Å². The van der Waals surface area contributed by atoms with Gasteiger partial charge in [-0.2, -0.15) is 0 Å². The minimum Gasteiger partial charge on any atom is -0.318 e. The van der Waals surface area contributed by atoms with E-state index in [1.165, 1.54) is 16.9 Å². The summed E-state index contributed by atoms with van der Waals surface area (Å²) < 4.78 is 0. The molecule has 2 unspecified atom stereocenters. The van der Waals surface area contributed by atoms with E-state index in [0.29, 0.717) is 11.3 Å². The van der Waals surface area contributed by atoms with Gasteiger partial charge in [0.2, 0.25) is 0 Å². The van der Waals surface area contributed by atoms with Crippen LogP contribution >= 0.6 is 11.8 Å². The predicted molar refractivity (Wildman–Crippen MR) is 71.2 cm³/mol. The lowest BCUT2D eigenvalue weighted by Gasteiger charge is -2.16. The largest absolute Gasteiger partial charge is 0.318 e. The molecule has 1 aromatic rings. The van der Waals surface area contributed by atoms with Crippen molar-refractivity contribution >= 4 is 11.8 Å². The van der Waals surface area contributed by atoms with Gasteiger partial charge in [-0.15, -0.1) is 11.8 Å². The second-order valence-corrected chi connectivity index (χ2v) is 5.76. The summed E-state index contributed by atoms with van der Waals surface area (Å²) >= 11 is 2.01. The number of nitrogens with one attached hydrogen (secondary N) is 2. The summed E-state index contributed by atoms with van der Waals surface area (Å²) in [5.74, 6) is 0. The first kappa shape index (κ1) is 12.0. The maximum absolute atomic E-state index is 3.58. The highest BCUT2D eigenvalue weighted by Gasteiger charge is 2.21. The molecule has 2 nitrogen and oxygen atoms in total. The van der Waals surface area contributed by atoms with Crippen molar-refractivity contribution in [2.75, 3.05) is 20.1 Å². The van der Waals surface area contributed by atoms with Crippen molar-refractivity contribution in [3.05, 3.63) is 29.8 Å². The number of likely N-dealkylation sites (N-methyl/N-ethyl adjacent to an activating group) is 1. The number of fused-ring (bicyclic) bond motifs is 1. The van der Waals surface area contributed by atoms with E-state index in [1.54, 1.807) is 0 Å². The van der Waals surface area contributed by atoms with E-state index in [0.717, 1.165) is 13.1 Å². The van der Waals surface area contributed by atoms with E-state index in [-0.39, 0.29) is 0 Å². The summed E-state index contributed by atoms with van der Waals surface area (Å²) in [6, 6.07) is 9.30. The number of hydrogen-bond acceptors (Lipinski definition) is 3. The topological polar surface area (TPSA) is 24.1 Å². The van der Waals surface area contributed by atoms with Crippen molar-refractivity contribution in [1.82, 2.24) is 10.6 Å². The summed E-state index contributed by atoms with van der Waals surface area (Å²) in [6.45, 7) is 4.36. The monoisotopic (exact) mass is 236 g/mol. The molecule has 3 heteroatoms. The first-order chi connectivity index (χ1) is 7.79. The fraction of sp³-hybridized carbons (Fsp3) is 0.538. The second-order valence-electron chi connectivity index (χ2n) is 4.42. The smallest absolute Gasteiger partial charge is 0.0260 e. The Kier molecular flexibility index (Phi) is 4.27. The van der Waals surface area contributed by atoms with Crippen LogP contribution in [0.3, 0.4) is 0 Å². The Morgan fingerprint density at radius 3 is 3.00 bits per heavy atom. The Balaban J connectivity index is 1.79. The van der Waals surface area contributed by atoms with Crippen LogP contribution in [0.15, 0.2) is 29.2 Å². The Morgan fingerprint density at radius 1 is 1.44 bits per heavy atom. The fourth-order valence-electron chi connectivity index (χ4n) is 2.08. The minimum absolute atomic E-state index is 0.550. The molecule has 0 amide bonds. The molecule has 2 N–H and O–H groups in total. The molecule has 0 aromatic heterocycles. The van der Waals surface area contributed by atoms with E-state index in [1.807, 2.05) is 18.8 Å². The van der Waals surface area contributed by atoms with Crippen molar-refractivity contribution in [1.29, 1.82) is 0 Å². The van der Waals surface area contributed by atoms with Gasteiger partial charge in [-0.05, 0) is 32.0 Å². The molecule has 1 aromatic carbocycles. The van der Waals surface area contributed by atoms with Crippen molar-refractivity contribution in [3.8, 4) is 0 Å². The number of hydrogen-bond donors (Lipinski definition) is 2. The van der Waals surface area contributed by atoms with Gasteiger partial charge in [0.1, 0.15) is 0 Å². The average molecular weight is 236 g/mol. The van der Waals surface area contributed by atoms with Crippen molar-refractivity contribution in [2.24, 2.45) is 0 Å². The Morgan fingerprint density at radius 2 is 2.25 bits per heavy atom. The summed E-state index contributed by atoms with van der Waals surface area (Å²) in [7, 11) is 2.00. The SMILES string of the molecule is CNCC(C)NCC1Cc2ccccc2S1. The van der Waals surface area contributed by atoms with Crippen LogP contribution in [0.4, 0.5) is 0 Å². The van der Waals surface area contributed by atoms with Crippen LogP contribution in [0.25, 0.3) is 0 Å². The Labute approximate surface area is 102 Å². The maximum Gasteiger partial charge on any atom is 0.0260 e. The van der Waals surface area contributed by atoms with E-state index < -0.39 is 0 Å². The van der Waals surface area contributed by atoms with Crippen LogP contribution in [0.5, 0.6) is 0 Å². The quantitative estimate of drug-likeness (QED) is 0.816. The molecule has 0 spiro atoms. The van der Waals surface area contributed by atoms with Gasteiger partial charge in [0, 0.05) is 29.3 Å². The van der Waals surface area contributed by atoms with Crippen LogP contribution in [0.1, 0.15) is 12.5 Å². The normalized spacial score (nSPS) is 20.8. The highest BCUT2D eigenvalue weighted by Crippen LogP contribution is 2.36. The molecule has 0 radical (unpaired) electrons. The molecular weight excluding hydrogens is 216 g/mol. The molecule has 1 aliphatic heterocycles. The van der Waals surface area contributed by atoms with Gasteiger partial charge in [0.25, 0.3) is 0 Å². The molecule has 0 aliphatic carbocycles. The lowest BCUT2D eigenvalue weighted by molar-refractivity contribution is 0.521. The summed E-state index contributed by atoms with van der Waals surface area (Å²) in [4.78, 5) is 1.47. The van der Waals surface area contributed by atoms with Crippen molar-refractivity contribution in [3.63, 3.8) is 0 Å². The Hall–Kier alpha value is -0.510. The zero-order chi connectivity index (χ0) is 11.4. The molecule has 88 valence electrons. The standard InChI is InChI=1S/C13H20N2S/c1-10(8-14-2)15-9-12-7-11-5-3-4-6-13(11)16-12/h3-6,10,12,14-15H,7-9H2,1-2H3. The number of benzene rings is 1. The van der Waals surface area contributed by atoms with Crippen LogP contribution in [-0.2, 0) is 6.42 Å². The summed E-state index contributed by atoms with van der Waals surface area (Å²) in [6.07, 6.45) is 1.21. The molecule has 1 aliphatic rings. The van der Waals surface area contributed by atoms with Crippen LogP contribution in [-0.4, -0.2) is 31.4 Å². The fourth-order valence-corrected chi connectivity index (χ4v) is 3.34. The number of rotatable bonds is 5. The average Bonchev–Trinajstić information content (AvgIpc) is 2.69. The molecule has 2 atom stereocenters. The van der Waals surface area contributed by atoms with Gasteiger partial charge in [-0.1, -0.05) is 18.2 Å². The van der Waals surface area contributed by atoms with E-state index in [9.17, 15) is 0 Å². The van der Waals surface area contributed by atoms with Gasteiger partial charge in [0.05, 0.1) is 0 Å². The molecule has 0 bridgehead atoms. The summed E-state index contributed by atoms with van der Waals surface area (Å²) in [5, 5.41) is 7.47. The van der Waals surface area contributed by atoms with Gasteiger partial charge < -0.3 is 10.6 Å². The van der Waals surface area contributed by atoms with Gasteiger partial charge in [0.15, 0.2) is 0 Å². The maximum atomic E-state index is 3.58. The third kappa shape index (κ3) is 3.00. The molecular formula is C13H20N2S. The molecule has 0 saturated heterocycles. The Bertz CT molecular complexity index is 315. The molecule has 1 heterocycles. The first-order valence-corrected chi connectivity index (χ1v) is 6.80. The first-order valence-electron chi connectivity index (χ1n) is 5.92. The van der Waals surface area contributed by atoms with Crippen LogP contribution in [0, 0.1) is 0 Å². The lowest BCUT2D eigenvalue weighted by atomic mass is 10.1. The lowest BCUT2D eigenvalue weighted by Crippen LogP contribution is -2.38. The number of thioether (sulfide) groups is 1. The van der Waals surface area contributed by atoms with Crippen molar-refractivity contribution < 1.29 is 0 Å². The van der Waals surface area contributed by atoms with Crippen LogP contribution < -0.4 is 10.6 Å². The third-order valence-corrected chi connectivity index (χ3v) is 4.24. The second kappa shape index (κ2) is 5.71. The molecule has 0 fully saturated rings. The summed E-state index contributed by atoms with van der Waals surface area (Å²) in [5.41, 5.74) is 1.51. The molecule has 16 heavy (non-hydrogen) atoms. The van der Waals surface area contributed by atoms with E-state index in [4.69, 9.17) is 0 Å². The molecule has 0 saturated carbocycles. The van der Waals surface area contributed by atoms with Gasteiger partial charge in [-0.25, -0.2) is 0 Å². The third-order valence-electron chi connectivity index (χ3n) is 2.92. The minimum atomic E-state index is 0.550. The van der Waals surface area contributed by atoms with Crippen molar-refractivity contribution in [2.45, 2.75) is 29.5 Å². The zero-order valence-corrected chi connectivity index (χ0v) is 10.8. The zero-order valence-electron chi connectivity index (χ0n) is 9.99. The molecule has 2 rings (SSSR count).